The molecule has 0 spiro atoms. The monoisotopic (exact) mass is 457 g/mol. The van der Waals surface area contributed by atoms with E-state index in [1.165, 1.54) is 0 Å². The molecule has 2 aromatic rings. The number of anilines is 1. The zero-order valence-corrected chi connectivity index (χ0v) is 19.1. The molecular formula is C23H24ClN3O3S. The van der Waals surface area contributed by atoms with Gasteiger partial charge in [0.25, 0.3) is 5.91 Å². The van der Waals surface area contributed by atoms with Crippen molar-refractivity contribution < 1.29 is 14.3 Å². The molecule has 6 nitrogen and oxygen atoms in total. The molecule has 1 saturated carbocycles. The zero-order valence-electron chi connectivity index (χ0n) is 17.6. The molecule has 0 saturated heterocycles. The molecule has 2 aromatic carbocycles. The van der Waals surface area contributed by atoms with Crippen LogP contribution < -0.4 is 20.1 Å². The molecule has 0 radical (unpaired) electrons. The molecule has 0 unspecified atom stereocenters. The van der Waals surface area contributed by atoms with E-state index in [0.717, 1.165) is 24.1 Å². The van der Waals surface area contributed by atoms with Gasteiger partial charge >= 0.3 is 0 Å². The number of rotatable bonds is 6. The summed E-state index contributed by atoms with van der Waals surface area (Å²) in [5.74, 6) is 0.942. The van der Waals surface area contributed by atoms with E-state index in [1.54, 1.807) is 32.4 Å². The molecule has 162 valence electrons. The summed E-state index contributed by atoms with van der Waals surface area (Å²) in [5.41, 5.74) is 2.90. The summed E-state index contributed by atoms with van der Waals surface area (Å²) >= 11 is 11.7. The maximum atomic E-state index is 13.6. The Morgan fingerprint density at radius 2 is 1.87 bits per heavy atom. The van der Waals surface area contributed by atoms with Gasteiger partial charge in [0.2, 0.25) is 0 Å². The van der Waals surface area contributed by atoms with E-state index >= 15 is 0 Å². The highest BCUT2D eigenvalue weighted by Crippen LogP contribution is 2.39. The lowest BCUT2D eigenvalue weighted by Gasteiger charge is -2.38. The van der Waals surface area contributed by atoms with Gasteiger partial charge in [-0.15, -0.1) is 0 Å². The largest absolute Gasteiger partial charge is 0.497 e. The van der Waals surface area contributed by atoms with E-state index in [1.807, 2.05) is 31.2 Å². The van der Waals surface area contributed by atoms with Gasteiger partial charge in [-0.05, 0) is 61.8 Å². The first-order chi connectivity index (χ1) is 14.9. The van der Waals surface area contributed by atoms with E-state index in [0.29, 0.717) is 38.9 Å². The Kier molecular flexibility index (Phi) is 6.07. The summed E-state index contributed by atoms with van der Waals surface area (Å²) in [5, 5.41) is 7.63. The predicted octanol–water partition coefficient (Wildman–Crippen LogP) is 4.66. The summed E-state index contributed by atoms with van der Waals surface area (Å²) in [6.45, 7) is 1.95. The van der Waals surface area contributed by atoms with Crippen LogP contribution in [0, 0.1) is 0 Å². The van der Waals surface area contributed by atoms with Crippen LogP contribution in [-0.2, 0) is 4.79 Å². The Hall–Kier alpha value is -2.77. The third-order valence-corrected chi connectivity index (χ3v) is 6.11. The third kappa shape index (κ3) is 4.34. The second kappa shape index (κ2) is 8.77. The third-order valence-electron chi connectivity index (χ3n) is 5.54. The lowest BCUT2D eigenvalue weighted by atomic mass is 9.94. The summed E-state index contributed by atoms with van der Waals surface area (Å²) < 4.78 is 10.7. The maximum absolute atomic E-state index is 13.6. The van der Waals surface area contributed by atoms with E-state index in [9.17, 15) is 4.79 Å². The number of methoxy groups -OCH3 is 2. The van der Waals surface area contributed by atoms with Gasteiger partial charge in [-0.1, -0.05) is 23.7 Å². The van der Waals surface area contributed by atoms with E-state index in [4.69, 9.17) is 33.3 Å². The van der Waals surface area contributed by atoms with Crippen molar-refractivity contribution in [1.82, 2.24) is 10.2 Å². The minimum Gasteiger partial charge on any atom is -0.497 e. The number of nitrogens with one attached hydrogen (secondary N) is 2. The molecule has 1 fully saturated rings. The minimum atomic E-state index is -0.392. The highest BCUT2D eigenvalue weighted by atomic mass is 35.5. The van der Waals surface area contributed by atoms with E-state index < -0.39 is 6.04 Å². The first-order valence-corrected chi connectivity index (χ1v) is 10.8. The Morgan fingerprint density at radius 3 is 2.48 bits per heavy atom. The Labute approximate surface area is 192 Å². The average Bonchev–Trinajstić information content (AvgIpc) is 3.58. The van der Waals surface area contributed by atoms with Crippen molar-refractivity contribution in [2.45, 2.75) is 31.8 Å². The normalized spacial score (nSPS) is 18.5. The SMILES string of the molecule is COc1ccc(OC)c(NC(=O)C2=C(C)N(C3CC3)C(=S)N[C@H]2c2ccc(Cl)cc2)c1. The van der Waals surface area contributed by atoms with Gasteiger partial charge < -0.3 is 25.0 Å². The molecule has 4 rings (SSSR count). The van der Waals surface area contributed by atoms with Crippen LogP contribution in [-0.4, -0.2) is 36.2 Å². The van der Waals surface area contributed by atoms with Gasteiger partial charge in [0, 0.05) is 22.8 Å². The molecular weight excluding hydrogens is 434 g/mol. The first kappa shape index (κ1) is 21.5. The molecule has 2 aliphatic rings. The molecule has 8 heteroatoms. The molecule has 1 aliphatic carbocycles. The number of carbonyl (C=O) groups excluding carboxylic acids is 1. The van der Waals surface area contributed by atoms with Crippen LogP contribution in [0.4, 0.5) is 5.69 Å². The van der Waals surface area contributed by atoms with Crippen molar-refractivity contribution in [2.75, 3.05) is 19.5 Å². The smallest absolute Gasteiger partial charge is 0.255 e. The summed E-state index contributed by atoms with van der Waals surface area (Å²) in [6.07, 6.45) is 2.12. The Bertz CT molecular complexity index is 1050. The quantitative estimate of drug-likeness (QED) is 0.615. The Balaban J connectivity index is 1.74. The number of allylic oxidation sites excluding steroid dienone is 1. The fourth-order valence-corrected chi connectivity index (χ4v) is 4.36. The number of amides is 1. The topological polar surface area (TPSA) is 62.8 Å². The van der Waals surface area contributed by atoms with Crippen LogP contribution in [0.3, 0.4) is 0 Å². The number of ether oxygens (including phenoxy) is 2. The number of nitrogens with zero attached hydrogens (tertiary/aromatic N) is 1. The molecule has 2 N–H and O–H groups in total. The van der Waals surface area contributed by atoms with Crippen molar-refractivity contribution in [1.29, 1.82) is 0 Å². The van der Waals surface area contributed by atoms with Crippen LogP contribution in [0.1, 0.15) is 31.4 Å². The maximum Gasteiger partial charge on any atom is 0.255 e. The minimum absolute atomic E-state index is 0.232. The lowest BCUT2D eigenvalue weighted by Crippen LogP contribution is -2.49. The van der Waals surface area contributed by atoms with Crippen LogP contribution in [0.2, 0.25) is 5.02 Å². The second-order valence-corrected chi connectivity index (χ2v) is 8.38. The van der Waals surface area contributed by atoms with Gasteiger partial charge in [0.15, 0.2) is 5.11 Å². The van der Waals surface area contributed by atoms with E-state index in [2.05, 4.69) is 15.5 Å². The Morgan fingerprint density at radius 1 is 1.16 bits per heavy atom. The number of hydrogen-bond acceptors (Lipinski definition) is 4. The fourth-order valence-electron chi connectivity index (χ4n) is 3.83. The van der Waals surface area contributed by atoms with Gasteiger partial charge in [-0.25, -0.2) is 0 Å². The average molecular weight is 458 g/mol. The molecule has 1 heterocycles. The van der Waals surface area contributed by atoms with Crippen molar-refractivity contribution in [3.8, 4) is 11.5 Å². The van der Waals surface area contributed by atoms with Crippen LogP contribution >= 0.6 is 23.8 Å². The van der Waals surface area contributed by atoms with Crippen molar-refractivity contribution in [2.24, 2.45) is 0 Å². The van der Waals surface area contributed by atoms with Crippen molar-refractivity contribution in [3.05, 3.63) is 64.3 Å². The van der Waals surface area contributed by atoms with Crippen LogP contribution in [0.25, 0.3) is 0 Å². The van der Waals surface area contributed by atoms with Gasteiger partial charge in [0.1, 0.15) is 11.5 Å². The van der Waals surface area contributed by atoms with Crippen LogP contribution in [0.5, 0.6) is 11.5 Å². The van der Waals surface area contributed by atoms with E-state index in [-0.39, 0.29) is 5.91 Å². The number of hydrogen-bond donors (Lipinski definition) is 2. The number of benzene rings is 2. The van der Waals surface area contributed by atoms with Crippen LogP contribution in [0.15, 0.2) is 53.7 Å². The zero-order chi connectivity index (χ0) is 22.1. The molecule has 1 amide bonds. The summed E-state index contributed by atoms with van der Waals surface area (Å²) in [7, 11) is 3.14. The summed E-state index contributed by atoms with van der Waals surface area (Å²) in [4.78, 5) is 15.6. The molecule has 1 aliphatic heterocycles. The number of thiocarbonyl (C=S) groups is 1. The highest BCUT2D eigenvalue weighted by Gasteiger charge is 2.40. The van der Waals surface area contributed by atoms with Crippen molar-refractivity contribution >= 4 is 40.5 Å². The molecule has 1 atom stereocenters. The van der Waals surface area contributed by atoms with Gasteiger partial charge in [0.05, 0.1) is 31.5 Å². The standard InChI is InChI=1S/C23H24ClN3O3S/c1-13-20(22(28)25-18-12-17(29-2)10-11-19(18)30-3)21(14-4-6-15(24)7-5-14)26-23(31)27(13)16-8-9-16/h4-7,10-12,16,21H,8-9H2,1-3H3,(H,25,28)(H,26,31)/t21-/m0/s1. The molecule has 0 bridgehead atoms. The fraction of sp³-hybridized carbons (Fsp3) is 0.304. The number of halogens is 1. The highest BCUT2D eigenvalue weighted by molar-refractivity contribution is 7.80. The second-order valence-electron chi connectivity index (χ2n) is 7.55. The summed E-state index contributed by atoms with van der Waals surface area (Å²) in [6, 6.07) is 12.7. The van der Waals surface area contributed by atoms with Crippen molar-refractivity contribution in [3.63, 3.8) is 0 Å². The number of carbonyl (C=O) groups is 1. The first-order valence-electron chi connectivity index (χ1n) is 10.0. The molecule has 31 heavy (non-hydrogen) atoms. The van der Waals surface area contributed by atoms with Gasteiger partial charge in [-0.2, -0.15) is 0 Å². The lowest BCUT2D eigenvalue weighted by molar-refractivity contribution is -0.113. The molecule has 0 aromatic heterocycles. The van der Waals surface area contributed by atoms with Gasteiger partial charge in [-0.3, -0.25) is 4.79 Å². The predicted molar refractivity (Wildman–Crippen MR) is 126 cm³/mol.